The largest absolute Gasteiger partial charge is 0.497 e. The first-order valence-corrected chi connectivity index (χ1v) is 11.1. The van der Waals surface area contributed by atoms with E-state index in [1.165, 1.54) is 23.1 Å². The van der Waals surface area contributed by atoms with Gasteiger partial charge in [-0.1, -0.05) is 48.2 Å². The van der Waals surface area contributed by atoms with Gasteiger partial charge in [0.15, 0.2) is 5.13 Å². The molecule has 4 aromatic rings. The number of nitrogens with one attached hydrogen (secondary N) is 1. The van der Waals surface area contributed by atoms with Crippen LogP contribution in [0.2, 0.25) is 0 Å². The second kappa shape index (κ2) is 8.39. The van der Waals surface area contributed by atoms with Crippen LogP contribution >= 0.6 is 23.1 Å². The molecule has 2 aromatic heterocycles. The highest BCUT2D eigenvalue weighted by Gasteiger charge is 2.20. The number of anilines is 1. The molecule has 0 aliphatic heterocycles. The maximum absolute atomic E-state index is 12.9. The lowest BCUT2D eigenvalue weighted by atomic mass is 10.1. The molecule has 0 aliphatic rings. The predicted octanol–water partition coefficient (Wildman–Crippen LogP) is 5.67. The van der Waals surface area contributed by atoms with E-state index in [0.717, 1.165) is 37.5 Å². The fourth-order valence-electron chi connectivity index (χ4n) is 3.12. The standard InChI is InChI=1S/C22H21N3O2S2/c1-4-18(28-20-11-13(2)15-7-5-6-8-16(15)23-20)21(26)25-22-24-17-10-9-14(27-3)12-19(17)29-22/h5-12,18H,4H2,1-3H3,(H,24,25,26). The third-order valence-corrected chi connectivity index (χ3v) is 6.87. The maximum atomic E-state index is 12.9. The summed E-state index contributed by atoms with van der Waals surface area (Å²) in [6.07, 6.45) is 0.697. The lowest BCUT2D eigenvalue weighted by Gasteiger charge is -2.14. The van der Waals surface area contributed by atoms with Crippen LogP contribution in [0.15, 0.2) is 53.6 Å². The van der Waals surface area contributed by atoms with Crippen molar-refractivity contribution in [2.45, 2.75) is 30.5 Å². The zero-order valence-electron chi connectivity index (χ0n) is 16.4. The number of pyridine rings is 1. The average molecular weight is 424 g/mol. The maximum Gasteiger partial charge on any atom is 0.239 e. The molecule has 1 unspecified atom stereocenters. The molecule has 4 rings (SSSR count). The van der Waals surface area contributed by atoms with Gasteiger partial charge in [0, 0.05) is 5.39 Å². The summed E-state index contributed by atoms with van der Waals surface area (Å²) in [6, 6.07) is 15.8. The third kappa shape index (κ3) is 4.21. The van der Waals surface area contributed by atoms with Crippen LogP contribution in [0.4, 0.5) is 5.13 Å². The summed E-state index contributed by atoms with van der Waals surface area (Å²) >= 11 is 2.94. The van der Waals surface area contributed by atoms with Gasteiger partial charge in [-0.15, -0.1) is 0 Å². The van der Waals surface area contributed by atoms with Gasteiger partial charge in [0.1, 0.15) is 5.75 Å². The van der Waals surface area contributed by atoms with Crippen LogP contribution in [0, 0.1) is 6.92 Å². The fraction of sp³-hybridized carbons (Fsp3) is 0.227. The molecule has 0 spiro atoms. The highest BCUT2D eigenvalue weighted by atomic mass is 32.2. The van der Waals surface area contributed by atoms with E-state index in [1.807, 2.05) is 49.4 Å². The van der Waals surface area contributed by atoms with Crippen LogP contribution in [0.3, 0.4) is 0 Å². The Bertz CT molecular complexity index is 1190. The minimum Gasteiger partial charge on any atom is -0.497 e. The number of rotatable bonds is 6. The molecule has 0 aliphatic carbocycles. The van der Waals surface area contributed by atoms with E-state index < -0.39 is 0 Å². The van der Waals surface area contributed by atoms with Gasteiger partial charge in [-0.3, -0.25) is 4.79 Å². The summed E-state index contributed by atoms with van der Waals surface area (Å²) < 4.78 is 6.23. The second-order valence-electron chi connectivity index (χ2n) is 6.65. The van der Waals surface area contributed by atoms with Gasteiger partial charge >= 0.3 is 0 Å². The first-order valence-electron chi connectivity index (χ1n) is 9.36. The molecule has 148 valence electrons. The molecule has 0 radical (unpaired) electrons. The first kappa shape index (κ1) is 19.7. The molecule has 29 heavy (non-hydrogen) atoms. The molecule has 0 saturated carbocycles. The van der Waals surface area contributed by atoms with Crippen molar-refractivity contribution in [3.8, 4) is 5.75 Å². The molecule has 5 nitrogen and oxygen atoms in total. The number of amides is 1. The van der Waals surface area contributed by atoms with Crippen LogP contribution < -0.4 is 10.1 Å². The quantitative estimate of drug-likeness (QED) is 0.405. The molecular formula is C22H21N3O2S2. The van der Waals surface area contributed by atoms with Crippen LogP contribution in [0.1, 0.15) is 18.9 Å². The molecule has 0 fully saturated rings. The van der Waals surface area contributed by atoms with Crippen molar-refractivity contribution in [2.75, 3.05) is 12.4 Å². The van der Waals surface area contributed by atoms with Crippen LogP contribution in [-0.2, 0) is 4.79 Å². The van der Waals surface area contributed by atoms with Gasteiger partial charge in [-0.05, 0) is 49.2 Å². The van der Waals surface area contributed by atoms with Crippen molar-refractivity contribution in [1.82, 2.24) is 9.97 Å². The number of carbonyl (C=O) groups excluding carboxylic acids is 1. The summed E-state index contributed by atoms with van der Waals surface area (Å²) in [4.78, 5) is 22.1. The number of hydrogen-bond acceptors (Lipinski definition) is 6. The average Bonchev–Trinajstić information content (AvgIpc) is 3.13. The smallest absolute Gasteiger partial charge is 0.239 e. The minimum absolute atomic E-state index is 0.0591. The van der Waals surface area contributed by atoms with Gasteiger partial charge in [0.25, 0.3) is 0 Å². The highest BCUT2D eigenvalue weighted by molar-refractivity contribution is 8.00. The molecule has 7 heteroatoms. The Balaban J connectivity index is 1.52. The zero-order chi connectivity index (χ0) is 20.4. The Morgan fingerprint density at radius 1 is 1.17 bits per heavy atom. The summed E-state index contributed by atoms with van der Waals surface area (Å²) in [5.41, 5.74) is 2.96. The number of fused-ring (bicyclic) bond motifs is 2. The van der Waals surface area contributed by atoms with E-state index in [4.69, 9.17) is 9.72 Å². The highest BCUT2D eigenvalue weighted by Crippen LogP contribution is 2.31. The number of aryl methyl sites for hydroxylation is 1. The zero-order valence-corrected chi connectivity index (χ0v) is 18.1. The van der Waals surface area contributed by atoms with E-state index in [1.54, 1.807) is 7.11 Å². The van der Waals surface area contributed by atoms with Crippen molar-refractivity contribution in [3.63, 3.8) is 0 Å². The topological polar surface area (TPSA) is 64.1 Å². The first-order chi connectivity index (χ1) is 14.1. The summed E-state index contributed by atoms with van der Waals surface area (Å²) in [5.74, 6) is 0.717. The van der Waals surface area contributed by atoms with Gasteiger partial charge in [0.2, 0.25) is 5.91 Å². The van der Waals surface area contributed by atoms with E-state index in [9.17, 15) is 4.79 Å². The van der Waals surface area contributed by atoms with Crippen LogP contribution in [0.5, 0.6) is 5.75 Å². The van der Waals surface area contributed by atoms with Crippen molar-refractivity contribution in [2.24, 2.45) is 0 Å². The number of para-hydroxylation sites is 1. The van der Waals surface area contributed by atoms with E-state index >= 15 is 0 Å². The SMILES string of the molecule is CCC(Sc1cc(C)c2ccccc2n1)C(=O)Nc1nc2ccc(OC)cc2s1. The normalized spacial score (nSPS) is 12.2. The van der Waals surface area contributed by atoms with E-state index in [-0.39, 0.29) is 11.2 Å². The molecule has 0 saturated heterocycles. The number of ether oxygens (including phenoxy) is 1. The molecule has 2 aromatic carbocycles. The Morgan fingerprint density at radius 3 is 2.79 bits per heavy atom. The number of thioether (sulfide) groups is 1. The number of aromatic nitrogens is 2. The number of methoxy groups -OCH3 is 1. The summed E-state index contributed by atoms with van der Waals surface area (Å²) in [5, 5.41) is 5.32. The predicted molar refractivity (Wildman–Crippen MR) is 121 cm³/mol. The molecule has 1 amide bonds. The van der Waals surface area contributed by atoms with Crippen molar-refractivity contribution >= 4 is 55.3 Å². The van der Waals surface area contributed by atoms with Gasteiger partial charge in [-0.2, -0.15) is 0 Å². The number of carbonyl (C=O) groups is 1. The lowest BCUT2D eigenvalue weighted by molar-refractivity contribution is -0.115. The molecule has 1 atom stereocenters. The van der Waals surface area contributed by atoms with Crippen molar-refractivity contribution < 1.29 is 9.53 Å². The Kier molecular flexibility index (Phi) is 5.69. The number of nitrogens with zero attached hydrogens (tertiary/aromatic N) is 2. The number of benzene rings is 2. The van der Waals surface area contributed by atoms with Crippen molar-refractivity contribution in [3.05, 3.63) is 54.1 Å². The third-order valence-electron chi connectivity index (χ3n) is 4.65. The van der Waals surface area contributed by atoms with Gasteiger partial charge in [-0.25, -0.2) is 9.97 Å². The van der Waals surface area contributed by atoms with Crippen LogP contribution in [-0.4, -0.2) is 28.2 Å². The molecule has 2 heterocycles. The molecular weight excluding hydrogens is 402 g/mol. The number of hydrogen-bond donors (Lipinski definition) is 1. The van der Waals surface area contributed by atoms with E-state index in [2.05, 4.69) is 23.3 Å². The Labute approximate surface area is 177 Å². The summed E-state index contributed by atoms with van der Waals surface area (Å²) in [7, 11) is 1.64. The van der Waals surface area contributed by atoms with E-state index in [0.29, 0.717) is 11.6 Å². The van der Waals surface area contributed by atoms with Crippen LogP contribution in [0.25, 0.3) is 21.1 Å². The second-order valence-corrected chi connectivity index (χ2v) is 8.90. The molecule has 0 bridgehead atoms. The van der Waals surface area contributed by atoms with Gasteiger partial charge in [0.05, 0.1) is 33.1 Å². The summed E-state index contributed by atoms with van der Waals surface area (Å²) in [6.45, 7) is 4.08. The fourth-order valence-corrected chi connectivity index (χ4v) is 5.04. The Hall–Kier alpha value is -2.64. The lowest BCUT2D eigenvalue weighted by Crippen LogP contribution is -2.24. The number of thiazole rings is 1. The Morgan fingerprint density at radius 2 is 2.00 bits per heavy atom. The monoisotopic (exact) mass is 423 g/mol. The van der Waals surface area contributed by atoms with Crippen molar-refractivity contribution in [1.29, 1.82) is 0 Å². The minimum atomic E-state index is -0.246. The van der Waals surface area contributed by atoms with Gasteiger partial charge < -0.3 is 10.1 Å². The molecule has 1 N–H and O–H groups in total.